The second kappa shape index (κ2) is 4.67. The van der Waals surface area contributed by atoms with Crippen LogP contribution in [-0.2, 0) is 0 Å². The summed E-state index contributed by atoms with van der Waals surface area (Å²) in [6, 6.07) is 8.42. The zero-order valence-corrected chi connectivity index (χ0v) is 10.2. The van der Waals surface area contributed by atoms with Crippen LogP contribution in [0.2, 0.25) is 0 Å². The molecule has 0 saturated carbocycles. The molecule has 0 bridgehead atoms. The van der Waals surface area contributed by atoms with E-state index in [4.69, 9.17) is 5.73 Å². The highest BCUT2D eigenvalue weighted by molar-refractivity contribution is 5.54. The van der Waals surface area contributed by atoms with Gasteiger partial charge in [0.15, 0.2) is 0 Å². The van der Waals surface area contributed by atoms with Crippen molar-refractivity contribution in [2.45, 2.75) is 39.2 Å². The summed E-state index contributed by atoms with van der Waals surface area (Å²) < 4.78 is 0. The predicted octanol–water partition coefficient (Wildman–Crippen LogP) is 2.96. The molecule has 2 nitrogen and oxygen atoms in total. The van der Waals surface area contributed by atoms with E-state index in [1.165, 1.54) is 11.3 Å². The van der Waals surface area contributed by atoms with Crippen LogP contribution >= 0.6 is 0 Å². The number of nitrogens with one attached hydrogen (secondary N) is 1. The minimum absolute atomic E-state index is 0.0506. The number of rotatable bonds is 4. The van der Waals surface area contributed by atoms with Crippen LogP contribution in [0.1, 0.15) is 39.2 Å². The van der Waals surface area contributed by atoms with E-state index in [1.54, 1.807) is 0 Å². The maximum Gasteiger partial charge on any atom is 0.0439 e. The van der Waals surface area contributed by atoms with Gasteiger partial charge in [-0.3, -0.25) is 0 Å². The molecule has 84 valence electrons. The molecule has 0 amide bonds. The van der Waals surface area contributed by atoms with E-state index < -0.39 is 0 Å². The molecule has 0 aromatic heterocycles. The fraction of sp³-hybridized carbons (Fsp3) is 0.538. The third-order valence-corrected chi connectivity index (χ3v) is 2.57. The van der Waals surface area contributed by atoms with E-state index in [0.29, 0.717) is 12.5 Å². The first-order valence-corrected chi connectivity index (χ1v) is 5.53. The molecule has 0 aliphatic rings. The van der Waals surface area contributed by atoms with E-state index in [2.05, 4.69) is 57.3 Å². The molecule has 3 N–H and O–H groups in total. The zero-order valence-electron chi connectivity index (χ0n) is 10.2. The van der Waals surface area contributed by atoms with Gasteiger partial charge in [-0.25, -0.2) is 0 Å². The summed E-state index contributed by atoms with van der Waals surface area (Å²) in [7, 11) is 0. The van der Waals surface area contributed by atoms with Crippen LogP contribution in [0.5, 0.6) is 0 Å². The lowest BCUT2D eigenvalue weighted by Gasteiger charge is -2.28. The molecule has 0 radical (unpaired) electrons. The average Bonchev–Trinajstić information content (AvgIpc) is 2.18. The summed E-state index contributed by atoms with van der Waals surface area (Å²) in [5.41, 5.74) is 8.21. The third-order valence-electron chi connectivity index (χ3n) is 2.57. The van der Waals surface area contributed by atoms with Gasteiger partial charge in [0, 0.05) is 17.8 Å². The van der Waals surface area contributed by atoms with Crippen molar-refractivity contribution in [1.82, 2.24) is 0 Å². The Bertz CT molecular complexity index is 316. The fourth-order valence-electron chi connectivity index (χ4n) is 1.53. The number of anilines is 1. The van der Waals surface area contributed by atoms with Crippen LogP contribution in [0, 0.1) is 0 Å². The number of hydrogen-bond acceptors (Lipinski definition) is 2. The molecule has 0 aliphatic heterocycles. The highest BCUT2D eigenvalue weighted by Crippen LogP contribution is 2.25. The minimum atomic E-state index is -0.0506. The van der Waals surface area contributed by atoms with Crippen LogP contribution in [0.3, 0.4) is 0 Å². The third kappa shape index (κ3) is 3.24. The lowest BCUT2D eigenvalue weighted by atomic mass is 9.98. The molecule has 0 saturated heterocycles. The first-order chi connectivity index (χ1) is 6.96. The Kier molecular flexibility index (Phi) is 3.75. The molecule has 2 heteroatoms. The van der Waals surface area contributed by atoms with E-state index in [9.17, 15) is 0 Å². The van der Waals surface area contributed by atoms with Gasteiger partial charge >= 0.3 is 0 Å². The van der Waals surface area contributed by atoms with Crippen molar-refractivity contribution < 1.29 is 0 Å². The molecule has 0 aliphatic carbocycles. The number of nitrogens with two attached hydrogens (primary N) is 1. The van der Waals surface area contributed by atoms with E-state index in [0.717, 1.165) is 0 Å². The van der Waals surface area contributed by atoms with Crippen LogP contribution in [0.15, 0.2) is 24.3 Å². The molecule has 1 aromatic carbocycles. The molecule has 15 heavy (non-hydrogen) atoms. The summed E-state index contributed by atoms with van der Waals surface area (Å²) in [6.45, 7) is 9.26. The second-order valence-corrected chi connectivity index (χ2v) is 4.95. The average molecular weight is 206 g/mol. The summed E-state index contributed by atoms with van der Waals surface area (Å²) in [5.74, 6) is 0.530. The molecule has 0 spiro atoms. The molecule has 0 fully saturated rings. The molecule has 1 rings (SSSR count). The lowest BCUT2D eigenvalue weighted by Crippen LogP contribution is -2.39. The minimum Gasteiger partial charge on any atom is -0.379 e. The monoisotopic (exact) mass is 206 g/mol. The van der Waals surface area contributed by atoms with Crippen LogP contribution in [-0.4, -0.2) is 12.1 Å². The van der Waals surface area contributed by atoms with Gasteiger partial charge in [0.1, 0.15) is 0 Å². The summed E-state index contributed by atoms with van der Waals surface area (Å²) in [6.07, 6.45) is 0. The van der Waals surface area contributed by atoms with Gasteiger partial charge in [0.2, 0.25) is 0 Å². The van der Waals surface area contributed by atoms with Gasteiger partial charge in [-0.05, 0) is 31.4 Å². The highest BCUT2D eigenvalue weighted by atomic mass is 15.0. The largest absolute Gasteiger partial charge is 0.379 e. The highest BCUT2D eigenvalue weighted by Gasteiger charge is 2.16. The van der Waals surface area contributed by atoms with Crippen molar-refractivity contribution in [3.8, 4) is 0 Å². The standard InChI is InChI=1S/C13H22N2/c1-10(2)11-7-5-6-8-12(11)15-13(3,4)9-14/h5-8,10,15H,9,14H2,1-4H3. The van der Waals surface area contributed by atoms with Crippen molar-refractivity contribution in [1.29, 1.82) is 0 Å². The summed E-state index contributed by atoms with van der Waals surface area (Å²) in [4.78, 5) is 0. The first-order valence-electron chi connectivity index (χ1n) is 5.53. The lowest BCUT2D eigenvalue weighted by molar-refractivity contribution is 0.578. The van der Waals surface area contributed by atoms with Gasteiger partial charge in [-0.1, -0.05) is 32.0 Å². The Morgan fingerprint density at radius 1 is 1.27 bits per heavy atom. The zero-order chi connectivity index (χ0) is 11.5. The van der Waals surface area contributed by atoms with Crippen molar-refractivity contribution in [3.05, 3.63) is 29.8 Å². The van der Waals surface area contributed by atoms with Gasteiger partial charge in [0.25, 0.3) is 0 Å². The fourth-order valence-corrected chi connectivity index (χ4v) is 1.53. The van der Waals surface area contributed by atoms with Crippen molar-refractivity contribution in [2.24, 2.45) is 5.73 Å². The number of benzene rings is 1. The topological polar surface area (TPSA) is 38.0 Å². The van der Waals surface area contributed by atoms with E-state index in [-0.39, 0.29) is 5.54 Å². The Hall–Kier alpha value is -1.02. The molecule has 1 aromatic rings. The Morgan fingerprint density at radius 2 is 1.87 bits per heavy atom. The Labute approximate surface area is 92.9 Å². The van der Waals surface area contributed by atoms with E-state index >= 15 is 0 Å². The normalized spacial score (nSPS) is 11.9. The van der Waals surface area contributed by atoms with Crippen LogP contribution in [0.4, 0.5) is 5.69 Å². The second-order valence-electron chi connectivity index (χ2n) is 4.95. The number of hydrogen-bond donors (Lipinski definition) is 2. The van der Waals surface area contributed by atoms with Gasteiger partial charge in [-0.2, -0.15) is 0 Å². The Morgan fingerprint density at radius 3 is 2.40 bits per heavy atom. The van der Waals surface area contributed by atoms with Crippen molar-refractivity contribution in [2.75, 3.05) is 11.9 Å². The van der Waals surface area contributed by atoms with Crippen molar-refractivity contribution >= 4 is 5.69 Å². The maximum absolute atomic E-state index is 5.72. The summed E-state index contributed by atoms with van der Waals surface area (Å²) in [5, 5.41) is 3.49. The van der Waals surface area contributed by atoms with Gasteiger partial charge < -0.3 is 11.1 Å². The molecular weight excluding hydrogens is 184 g/mol. The summed E-state index contributed by atoms with van der Waals surface area (Å²) >= 11 is 0. The number of para-hydroxylation sites is 1. The SMILES string of the molecule is CC(C)c1ccccc1NC(C)(C)CN. The van der Waals surface area contributed by atoms with Crippen LogP contribution in [0.25, 0.3) is 0 Å². The molecule has 0 heterocycles. The van der Waals surface area contributed by atoms with Crippen LogP contribution < -0.4 is 11.1 Å². The molecule has 0 unspecified atom stereocenters. The first kappa shape index (κ1) is 12.1. The smallest absolute Gasteiger partial charge is 0.0439 e. The van der Waals surface area contributed by atoms with E-state index in [1.807, 2.05) is 0 Å². The van der Waals surface area contributed by atoms with Gasteiger partial charge in [0.05, 0.1) is 0 Å². The maximum atomic E-state index is 5.72. The van der Waals surface area contributed by atoms with Gasteiger partial charge in [-0.15, -0.1) is 0 Å². The predicted molar refractivity (Wildman–Crippen MR) is 67.3 cm³/mol. The quantitative estimate of drug-likeness (QED) is 0.795. The Balaban J connectivity index is 2.94. The molecule has 0 atom stereocenters. The van der Waals surface area contributed by atoms with Crippen molar-refractivity contribution in [3.63, 3.8) is 0 Å². The molecular formula is C13H22N2.